The van der Waals surface area contributed by atoms with E-state index < -0.39 is 0 Å². The smallest absolute Gasteiger partial charge is 0.219 e. The van der Waals surface area contributed by atoms with Gasteiger partial charge in [0.1, 0.15) is 0 Å². The second-order valence-corrected chi connectivity index (χ2v) is 5.82. The molecule has 2 heterocycles. The number of rotatable bonds is 3. The van der Waals surface area contributed by atoms with Crippen molar-refractivity contribution in [2.45, 2.75) is 51.1 Å². The number of nitrogens with one attached hydrogen (secondary N) is 1. The summed E-state index contributed by atoms with van der Waals surface area (Å²) in [5, 5.41) is 3.70. The molecule has 2 rings (SSSR count). The molecule has 0 aromatic heterocycles. The van der Waals surface area contributed by atoms with E-state index in [0.717, 1.165) is 32.5 Å². The van der Waals surface area contributed by atoms with Crippen molar-refractivity contribution in [2.24, 2.45) is 0 Å². The van der Waals surface area contributed by atoms with Crippen LogP contribution in [0.15, 0.2) is 0 Å². The zero-order valence-corrected chi connectivity index (χ0v) is 11.8. The maximum atomic E-state index is 11.3. The predicted molar refractivity (Wildman–Crippen MR) is 73.5 cm³/mol. The highest BCUT2D eigenvalue weighted by Gasteiger charge is 2.23. The molecule has 0 aliphatic carbocycles. The fourth-order valence-corrected chi connectivity index (χ4v) is 3.10. The highest BCUT2D eigenvalue weighted by Crippen LogP contribution is 2.15. The number of hydrogen-bond acceptors (Lipinski definition) is 3. The number of hydrogen-bond donors (Lipinski definition) is 1. The van der Waals surface area contributed by atoms with E-state index >= 15 is 0 Å². The second-order valence-electron chi connectivity index (χ2n) is 5.82. The number of carbonyl (C=O) groups is 1. The van der Waals surface area contributed by atoms with Crippen LogP contribution in [-0.4, -0.2) is 61.0 Å². The van der Waals surface area contributed by atoms with Gasteiger partial charge in [-0.1, -0.05) is 6.42 Å². The maximum Gasteiger partial charge on any atom is 0.219 e. The van der Waals surface area contributed by atoms with Gasteiger partial charge in [-0.05, 0) is 39.3 Å². The fourth-order valence-electron chi connectivity index (χ4n) is 3.10. The molecule has 0 spiro atoms. The van der Waals surface area contributed by atoms with E-state index in [4.69, 9.17) is 0 Å². The van der Waals surface area contributed by atoms with E-state index in [1.807, 2.05) is 4.90 Å². The lowest BCUT2D eigenvalue weighted by molar-refractivity contribution is -0.129. The van der Waals surface area contributed by atoms with Crippen LogP contribution in [0.25, 0.3) is 0 Å². The number of piperidine rings is 2. The summed E-state index contributed by atoms with van der Waals surface area (Å²) in [5.74, 6) is 0.223. The van der Waals surface area contributed by atoms with Gasteiger partial charge in [0, 0.05) is 38.6 Å². The molecule has 0 saturated carbocycles. The number of likely N-dealkylation sites (N-methyl/N-ethyl adjacent to an activating group) is 1. The Hall–Kier alpha value is -0.610. The van der Waals surface area contributed by atoms with Gasteiger partial charge < -0.3 is 15.1 Å². The Kier molecular flexibility index (Phi) is 5.01. The molecule has 1 amide bonds. The largest absolute Gasteiger partial charge is 0.343 e. The summed E-state index contributed by atoms with van der Waals surface area (Å²) in [6, 6.07) is 1.32. The normalized spacial score (nSPS) is 27.4. The molecule has 104 valence electrons. The van der Waals surface area contributed by atoms with Crippen LogP contribution in [0.2, 0.25) is 0 Å². The van der Waals surface area contributed by atoms with Crippen molar-refractivity contribution in [3.8, 4) is 0 Å². The van der Waals surface area contributed by atoms with Crippen molar-refractivity contribution in [3.05, 3.63) is 0 Å². The number of nitrogens with zero attached hydrogens (tertiary/aromatic N) is 2. The van der Waals surface area contributed by atoms with E-state index in [2.05, 4.69) is 17.3 Å². The average molecular weight is 253 g/mol. The molecule has 2 aliphatic rings. The molecule has 1 atom stereocenters. The van der Waals surface area contributed by atoms with Crippen molar-refractivity contribution in [1.29, 1.82) is 0 Å². The van der Waals surface area contributed by atoms with Crippen LogP contribution >= 0.6 is 0 Å². The highest BCUT2D eigenvalue weighted by atomic mass is 16.2. The highest BCUT2D eigenvalue weighted by molar-refractivity contribution is 5.73. The van der Waals surface area contributed by atoms with Gasteiger partial charge >= 0.3 is 0 Å². The molecule has 4 nitrogen and oxygen atoms in total. The van der Waals surface area contributed by atoms with Crippen molar-refractivity contribution in [3.63, 3.8) is 0 Å². The van der Waals surface area contributed by atoms with Crippen LogP contribution in [0.1, 0.15) is 39.0 Å². The molecule has 2 saturated heterocycles. The van der Waals surface area contributed by atoms with Gasteiger partial charge in [0.05, 0.1) is 0 Å². The van der Waals surface area contributed by atoms with Crippen LogP contribution < -0.4 is 5.32 Å². The molecule has 4 heteroatoms. The SMILES string of the molecule is CC(=O)N1CCC(NCC2CCCCN2C)CC1. The first kappa shape index (κ1) is 13.8. The lowest BCUT2D eigenvalue weighted by atomic mass is 10.0. The van der Waals surface area contributed by atoms with Crippen molar-refractivity contribution in [1.82, 2.24) is 15.1 Å². The first-order chi connectivity index (χ1) is 8.66. The Labute approximate surface area is 111 Å². The number of likely N-dealkylation sites (tertiary alicyclic amines) is 2. The van der Waals surface area contributed by atoms with Crippen LogP contribution in [0.4, 0.5) is 0 Å². The van der Waals surface area contributed by atoms with E-state index in [-0.39, 0.29) is 5.91 Å². The first-order valence-corrected chi connectivity index (χ1v) is 7.36. The second kappa shape index (κ2) is 6.53. The van der Waals surface area contributed by atoms with Crippen molar-refractivity contribution in [2.75, 3.05) is 33.2 Å². The fraction of sp³-hybridized carbons (Fsp3) is 0.929. The van der Waals surface area contributed by atoms with Gasteiger partial charge in [-0.15, -0.1) is 0 Å². The zero-order chi connectivity index (χ0) is 13.0. The molecular weight excluding hydrogens is 226 g/mol. The number of amides is 1. The minimum absolute atomic E-state index is 0.223. The van der Waals surface area contributed by atoms with Gasteiger partial charge in [0.25, 0.3) is 0 Å². The van der Waals surface area contributed by atoms with E-state index in [9.17, 15) is 4.79 Å². The molecule has 2 fully saturated rings. The Morgan fingerprint density at radius 1 is 1.17 bits per heavy atom. The molecular formula is C14H27N3O. The average Bonchev–Trinajstić information content (AvgIpc) is 2.38. The Bertz CT molecular complexity index is 274. The first-order valence-electron chi connectivity index (χ1n) is 7.36. The van der Waals surface area contributed by atoms with Crippen LogP contribution in [0, 0.1) is 0 Å². The monoisotopic (exact) mass is 253 g/mol. The van der Waals surface area contributed by atoms with E-state index in [1.165, 1.54) is 25.8 Å². The summed E-state index contributed by atoms with van der Waals surface area (Å²) in [4.78, 5) is 15.7. The van der Waals surface area contributed by atoms with Gasteiger partial charge in [-0.2, -0.15) is 0 Å². The number of carbonyl (C=O) groups excluding carboxylic acids is 1. The Morgan fingerprint density at radius 2 is 1.89 bits per heavy atom. The van der Waals surface area contributed by atoms with Crippen LogP contribution in [0.3, 0.4) is 0 Å². The van der Waals surface area contributed by atoms with Gasteiger partial charge in [0.15, 0.2) is 0 Å². The standard InChI is InChI=1S/C14H27N3O/c1-12(18)17-9-6-13(7-10-17)15-11-14-5-3-4-8-16(14)2/h13-15H,3-11H2,1-2H3. The van der Waals surface area contributed by atoms with Gasteiger partial charge in [0.2, 0.25) is 5.91 Å². The minimum atomic E-state index is 0.223. The predicted octanol–water partition coefficient (Wildman–Crippen LogP) is 1.07. The molecule has 18 heavy (non-hydrogen) atoms. The summed E-state index contributed by atoms with van der Waals surface area (Å²) in [6.45, 7) is 5.88. The summed E-state index contributed by atoms with van der Waals surface area (Å²) in [5.41, 5.74) is 0. The van der Waals surface area contributed by atoms with Crippen molar-refractivity contribution >= 4 is 5.91 Å². The third-order valence-electron chi connectivity index (χ3n) is 4.50. The quantitative estimate of drug-likeness (QED) is 0.817. The summed E-state index contributed by atoms with van der Waals surface area (Å²) < 4.78 is 0. The van der Waals surface area contributed by atoms with Crippen LogP contribution in [-0.2, 0) is 4.79 Å². The Balaban J connectivity index is 1.67. The zero-order valence-electron chi connectivity index (χ0n) is 11.8. The maximum absolute atomic E-state index is 11.3. The summed E-state index contributed by atoms with van der Waals surface area (Å²) in [7, 11) is 2.24. The lowest BCUT2D eigenvalue weighted by Crippen LogP contribution is -2.49. The molecule has 0 aromatic carbocycles. The third-order valence-corrected chi connectivity index (χ3v) is 4.50. The molecule has 1 unspecified atom stereocenters. The molecule has 2 aliphatic heterocycles. The third kappa shape index (κ3) is 3.69. The van der Waals surface area contributed by atoms with Crippen molar-refractivity contribution < 1.29 is 4.79 Å². The Morgan fingerprint density at radius 3 is 2.50 bits per heavy atom. The van der Waals surface area contributed by atoms with Gasteiger partial charge in [-0.3, -0.25) is 4.79 Å². The lowest BCUT2D eigenvalue weighted by Gasteiger charge is -2.36. The molecule has 1 N–H and O–H groups in total. The minimum Gasteiger partial charge on any atom is -0.343 e. The van der Waals surface area contributed by atoms with E-state index in [0.29, 0.717) is 12.1 Å². The topological polar surface area (TPSA) is 35.6 Å². The molecule has 0 bridgehead atoms. The molecule has 0 aromatic rings. The summed E-state index contributed by atoms with van der Waals surface area (Å²) in [6.07, 6.45) is 6.27. The van der Waals surface area contributed by atoms with Gasteiger partial charge in [-0.25, -0.2) is 0 Å². The summed E-state index contributed by atoms with van der Waals surface area (Å²) >= 11 is 0. The van der Waals surface area contributed by atoms with Crippen LogP contribution in [0.5, 0.6) is 0 Å². The molecule has 0 radical (unpaired) electrons. The van der Waals surface area contributed by atoms with E-state index in [1.54, 1.807) is 6.92 Å².